The van der Waals surface area contributed by atoms with Crippen molar-refractivity contribution in [3.05, 3.63) is 59.2 Å². The Balaban J connectivity index is 2.14. The Morgan fingerprint density at radius 3 is 1.97 bits per heavy atom. The van der Waals surface area contributed by atoms with Crippen LogP contribution >= 0.6 is 0 Å². The maximum Gasteiger partial charge on any atom is 0.241 e. The number of sulfonamides is 2. The van der Waals surface area contributed by atoms with Gasteiger partial charge < -0.3 is 0 Å². The minimum Gasteiger partial charge on any atom is -0.224 e. The monoisotopic (exact) mass is 474 g/mol. The predicted octanol–water partition coefficient (Wildman–Crippen LogP) is 1.70. The van der Waals surface area contributed by atoms with Gasteiger partial charge in [0.2, 0.25) is 20.0 Å². The van der Waals surface area contributed by atoms with Crippen molar-refractivity contribution in [3.63, 3.8) is 0 Å². The molecular weight excluding hydrogens is 448 g/mol. The highest BCUT2D eigenvalue weighted by Crippen LogP contribution is 2.20. The van der Waals surface area contributed by atoms with Crippen molar-refractivity contribution >= 4 is 29.9 Å². The van der Waals surface area contributed by atoms with E-state index in [0.717, 1.165) is 12.3 Å². The summed E-state index contributed by atoms with van der Waals surface area (Å²) in [6.45, 7) is 5.03. The molecule has 2 aromatic rings. The van der Waals surface area contributed by atoms with Gasteiger partial charge in [-0.15, -0.1) is 0 Å². The molecule has 0 atom stereocenters. The van der Waals surface area contributed by atoms with Crippen molar-refractivity contribution in [2.75, 3.05) is 6.26 Å². The van der Waals surface area contributed by atoms with Crippen LogP contribution in [0.4, 0.5) is 0 Å². The largest absolute Gasteiger partial charge is 0.241 e. The van der Waals surface area contributed by atoms with E-state index in [-0.39, 0.29) is 28.1 Å². The molecule has 0 fully saturated rings. The molecule has 2 N–H and O–H groups in total. The molecule has 8 nitrogen and oxygen atoms in total. The van der Waals surface area contributed by atoms with Crippen LogP contribution in [0.3, 0.4) is 0 Å². The Morgan fingerprint density at radius 1 is 0.867 bits per heavy atom. The number of hydrogen-bond donors (Lipinski definition) is 2. The summed E-state index contributed by atoms with van der Waals surface area (Å²) in [5.41, 5.74) is 1.63. The van der Waals surface area contributed by atoms with Gasteiger partial charge in [0.25, 0.3) is 0 Å². The molecule has 0 saturated heterocycles. The standard InChI is InChI=1S/C19H26N2O6S3/c1-14(2)21-29(24,25)13-17-8-6-16(7-9-17)12-20-30(26,27)19-11-18(28(4,22)23)10-5-15(19)3/h5-11,14,20-21H,12-13H2,1-4H3. The fourth-order valence-corrected chi connectivity index (χ4v) is 6.17. The number of hydrogen-bond acceptors (Lipinski definition) is 6. The normalized spacial score (nSPS) is 13.0. The lowest BCUT2D eigenvalue weighted by Gasteiger charge is -2.12. The van der Waals surface area contributed by atoms with Crippen molar-refractivity contribution in [2.45, 2.75) is 48.9 Å². The first-order valence-corrected chi connectivity index (χ1v) is 14.1. The summed E-state index contributed by atoms with van der Waals surface area (Å²) in [6.07, 6.45) is 1.01. The Kier molecular flexibility index (Phi) is 7.46. The van der Waals surface area contributed by atoms with Gasteiger partial charge in [0.15, 0.2) is 9.84 Å². The highest BCUT2D eigenvalue weighted by atomic mass is 32.2. The zero-order valence-electron chi connectivity index (χ0n) is 17.2. The number of nitrogens with one attached hydrogen (secondary N) is 2. The van der Waals surface area contributed by atoms with Crippen LogP contribution < -0.4 is 9.44 Å². The van der Waals surface area contributed by atoms with Gasteiger partial charge in [-0.3, -0.25) is 0 Å². The molecule has 0 amide bonds. The van der Waals surface area contributed by atoms with Gasteiger partial charge in [0.1, 0.15) is 0 Å². The molecule has 166 valence electrons. The topological polar surface area (TPSA) is 126 Å². The first-order chi connectivity index (χ1) is 13.7. The average Bonchev–Trinajstić information content (AvgIpc) is 2.59. The molecule has 0 saturated carbocycles. The van der Waals surface area contributed by atoms with Crippen LogP contribution in [0.2, 0.25) is 0 Å². The van der Waals surface area contributed by atoms with Crippen molar-refractivity contribution in [2.24, 2.45) is 0 Å². The van der Waals surface area contributed by atoms with Crippen LogP contribution in [-0.4, -0.2) is 37.6 Å². The van der Waals surface area contributed by atoms with Crippen LogP contribution in [0.25, 0.3) is 0 Å². The molecule has 0 aliphatic heterocycles. The second kappa shape index (κ2) is 9.15. The smallest absolute Gasteiger partial charge is 0.224 e. The first-order valence-electron chi connectivity index (χ1n) is 9.08. The Morgan fingerprint density at radius 2 is 1.43 bits per heavy atom. The quantitative estimate of drug-likeness (QED) is 0.570. The van der Waals surface area contributed by atoms with E-state index in [1.165, 1.54) is 12.1 Å². The molecular formula is C19H26N2O6S3. The van der Waals surface area contributed by atoms with Gasteiger partial charge in [0.05, 0.1) is 15.5 Å². The molecule has 0 aliphatic carbocycles. The summed E-state index contributed by atoms with van der Waals surface area (Å²) >= 11 is 0. The van der Waals surface area contributed by atoms with Crippen LogP contribution in [0.5, 0.6) is 0 Å². The van der Waals surface area contributed by atoms with E-state index in [0.29, 0.717) is 16.7 Å². The summed E-state index contributed by atoms with van der Waals surface area (Å²) < 4.78 is 77.7. The lowest BCUT2D eigenvalue weighted by atomic mass is 10.1. The number of aryl methyl sites for hydroxylation is 1. The van der Waals surface area contributed by atoms with Crippen LogP contribution in [0, 0.1) is 6.92 Å². The second-order valence-electron chi connectivity index (χ2n) is 7.37. The molecule has 0 bridgehead atoms. The van der Waals surface area contributed by atoms with Crippen LogP contribution in [0.1, 0.15) is 30.5 Å². The first kappa shape index (κ1) is 24.5. The van der Waals surface area contributed by atoms with E-state index in [1.54, 1.807) is 45.0 Å². The second-order valence-corrected chi connectivity index (χ2v) is 12.9. The van der Waals surface area contributed by atoms with Crippen molar-refractivity contribution < 1.29 is 25.3 Å². The Labute approximate surface area is 178 Å². The predicted molar refractivity (Wildman–Crippen MR) is 116 cm³/mol. The van der Waals surface area contributed by atoms with Gasteiger partial charge >= 0.3 is 0 Å². The summed E-state index contributed by atoms with van der Waals surface area (Å²) in [5.74, 6) is -0.172. The minimum absolute atomic E-state index is 0.0256. The molecule has 11 heteroatoms. The highest BCUT2D eigenvalue weighted by molar-refractivity contribution is 7.91. The molecule has 0 aromatic heterocycles. The fraction of sp³-hybridized carbons (Fsp3) is 0.368. The maximum absolute atomic E-state index is 12.7. The average molecular weight is 475 g/mol. The molecule has 0 radical (unpaired) electrons. The van der Waals surface area contributed by atoms with E-state index in [4.69, 9.17) is 0 Å². The van der Waals surface area contributed by atoms with Crippen molar-refractivity contribution in [3.8, 4) is 0 Å². The number of sulfone groups is 1. The van der Waals surface area contributed by atoms with Gasteiger partial charge in [-0.05, 0) is 49.6 Å². The van der Waals surface area contributed by atoms with Crippen LogP contribution in [-0.2, 0) is 42.2 Å². The fourth-order valence-electron chi connectivity index (χ4n) is 2.73. The maximum atomic E-state index is 12.7. The van der Waals surface area contributed by atoms with Crippen molar-refractivity contribution in [1.82, 2.24) is 9.44 Å². The third kappa shape index (κ3) is 6.88. The highest BCUT2D eigenvalue weighted by Gasteiger charge is 2.20. The summed E-state index contributed by atoms with van der Waals surface area (Å²) in [6, 6.07) is 10.3. The third-order valence-electron chi connectivity index (χ3n) is 4.14. The Hall–Kier alpha value is -1.79. The van der Waals surface area contributed by atoms with E-state index in [1.807, 2.05) is 0 Å². The van der Waals surface area contributed by atoms with Gasteiger partial charge in [-0.25, -0.2) is 34.7 Å². The Bertz CT molecular complexity index is 1220. The molecule has 0 spiro atoms. The minimum atomic E-state index is -3.94. The molecule has 2 rings (SSSR count). The van der Waals surface area contributed by atoms with Crippen LogP contribution in [0.15, 0.2) is 52.3 Å². The summed E-state index contributed by atoms with van der Waals surface area (Å²) in [5, 5.41) is 0. The molecule has 2 aromatic carbocycles. The van der Waals surface area contributed by atoms with Crippen molar-refractivity contribution in [1.29, 1.82) is 0 Å². The molecule has 0 heterocycles. The molecule has 0 unspecified atom stereocenters. The number of benzene rings is 2. The third-order valence-corrected chi connectivity index (χ3v) is 8.34. The molecule has 30 heavy (non-hydrogen) atoms. The van der Waals surface area contributed by atoms with Gasteiger partial charge in [-0.1, -0.05) is 30.3 Å². The zero-order valence-corrected chi connectivity index (χ0v) is 19.7. The van der Waals surface area contributed by atoms with E-state index >= 15 is 0 Å². The summed E-state index contributed by atoms with van der Waals surface area (Å²) in [4.78, 5) is -0.179. The SMILES string of the molecule is Cc1ccc(S(C)(=O)=O)cc1S(=O)(=O)NCc1ccc(CS(=O)(=O)NC(C)C)cc1. The zero-order chi connectivity index (χ0) is 22.7. The van der Waals surface area contributed by atoms with E-state index in [2.05, 4.69) is 9.44 Å². The lowest BCUT2D eigenvalue weighted by Crippen LogP contribution is -2.31. The van der Waals surface area contributed by atoms with E-state index in [9.17, 15) is 25.3 Å². The van der Waals surface area contributed by atoms with Gasteiger partial charge in [-0.2, -0.15) is 0 Å². The molecule has 0 aliphatic rings. The number of rotatable bonds is 9. The summed E-state index contributed by atoms with van der Waals surface area (Å²) in [7, 11) is -10.9. The van der Waals surface area contributed by atoms with E-state index < -0.39 is 29.9 Å². The lowest BCUT2D eigenvalue weighted by molar-refractivity contribution is 0.568. The van der Waals surface area contributed by atoms with Gasteiger partial charge in [0, 0.05) is 18.8 Å².